The second-order valence-electron chi connectivity index (χ2n) is 13.1. The fraction of sp³-hybridized carbons (Fsp3) is 0.667. The summed E-state index contributed by atoms with van der Waals surface area (Å²) in [6, 6.07) is 0. The van der Waals surface area contributed by atoms with E-state index in [2.05, 4.69) is 88.5 Å². The van der Waals surface area contributed by atoms with Crippen LogP contribution in [0.15, 0.2) is 0 Å². The van der Waals surface area contributed by atoms with E-state index in [1.54, 1.807) is 28.1 Å². The Labute approximate surface area is 314 Å². The van der Waals surface area contributed by atoms with Crippen LogP contribution in [-0.4, -0.2) is 142 Å². The van der Waals surface area contributed by atoms with Crippen LogP contribution < -0.4 is 5.48 Å². The number of Topliss-reactive ketones (excluding diaryl/α,β-unsaturated/α-hetero) is 1. The molecule has 0 saturated carbocycles. The molecule has 0 aromatic carbocycles. The van der Waals surface area contributed by atoms with Crippen molar-refractivity contribution in [3.05, 3.63) is 51.6 Å². The SMILES string of the molecule is CCc1nc(C(=O)N(C)OC)c2n1CCN(C)C2.CCc1nc(C(=O)OC)c2n1CCN(C)C2.CCc1nc(C(C)=O)c2n1CCN(C)C2.CNOC. The van der Waals surface area contributed by atoms with Crippen LogP contribution in [0.5, 0.6) is 0 Å². The van der Waals surface area contributed by atoms with Crippen molar-refractivity contribution in [1.82, 2.24) is 53.9 Å². The lowest BCUT2D eigenvalue weighted by atomic mass is 10.2. The first-order chi connectivity index (χ1) is 25.3. The van der Waals surface area contributed by atoms with Crippen LogP contribution >= 0.6 is 0 Å². The molecule has 3 aliphatic heterocycles. The smallest absolute Gasteiger partial charge is 0.358 e. The van der Waals surface area contributed by atoms with Crippen molar-refractivity contribution in [3.8, 4) is 0 Å². The Balaban J connectivity index is 0.000000204. The van der Waals surface area contributed by atoms with Crippen molar-refractivity contribution in [2.75, 3.05) is 76.2 Å². The molecule has 6 heterocycles. The minimum absolute atomic E-state index is 0.0775. The average molecular weight is 744 g/mol. The minimum Gasteiger partial charge on any atom is -0.464 e. The third kappa shape index (κ3) is 10.6. The molecule has 17 nitrogen and oxygen atoms in total. The third-order valence-corrected chi connectivity index (χ3v) is 9.46. The standard InChI is InChI=1S/C12H20N4O2.C11H17N3O2.C11H17N3O.C2H7NO/c1-5-10-13-11(12(17)15(3)18-4)9-8-14(2)6-7-16(9)10;1-4-9-12-10(11(15)16-3)8-7-13(2)5-6-14(8)9;1-4-10-12-11(8(2)15)9-7-13(3)5-6-14(9)10;1-3-4-2/h5-8H2,1-4H3;4-7H2,1-3H3;4-7H2,1-3H3;3H,1-2H3. The van der Waals surface area contributed by atoms with E-state index in [1.165, 1.54) is 19.3 Å². The summed E-state index contributed by atoms with van der Waals surface area (Å²) in [4.78, 5) is 64.4. The van der Waals surface area contributed by atoms with Crippen molar-refractivity contribution < 1.29 is 28.8 Å². The number of nitrogens with one attached hydrogen (secondary N) is 1. The van der Waals surface area contributed by atoms with Crippen LogP contribution in [-0.2, 0) is 72.9 Å². The Morgan fingerprint density at radius 3 is 1.36 bits per heavy atom. The van der Waals surface area contributed by atoms with Gasteiger partial charge in [0.1, 0.15) is 23.2 Å². The maximum atomic E-state index is 12.2. The lowest BCUT2D eigenvalue weighted by Gasteiger charge is -2.26. The van der Waals surface area contributed by atoms with Gasteiger partial charge < -0.3 is 23.3 Å². The number of likely N-dealkylation sites (N-methyl/N-ethyl adjacent to an activating group) is 3. The van der Waals surface area contributed by atoms with Gasteiger partial charge in [0.15, 0.2) is 17.2 Å². The molecule has 0 unspecified atom stereocenters. The number of ketones is 1. The van der Waals surface area contributed by atoms with Gasteiger partial charge in [0, 0.05) is 99.2 Å². The number of amides is 1. The fourth-order valence-corrected chi connectivity index (χ4v) is 6.46. The Hall–Kier alpha value is -4.00. The number of aryl methyl sites for hydroxylation is 3. The number of ether oxygens (including phenoxy) is 1. The minimum atomic E-state index is -0.334. The second-order valence-corrected chi connectivity index (χ2v) is 13.1. The molecule has 0 atom stereocenters. The predicted molar refractivity (Wildman–Crippen MR) is 200 cm³/mol. The van der Waals surface area contributed by atoms with E-state index in [4.69, 9.17) is 9.57 Å². The van der Waals surface area contributed by atoms with Gasteiger partial charge in [-0.15, -0.1) is 0 Å². The highest BCUT2D eigenvalue weighted by molar-refractivity contribution is 5.93. The number of carbonyl (C=O) groups excluding carboxylic acids is 3. The van der Waals surface area contributed by atoms with Gasteiger partial charge in [-0.1, -0.05) is 20.8 Å². The summed E-state index contributed by atoms with van der Waals surface area (Å²) in [5, 5.41) is 1.22. The zero-order valence-corrected chi connectivity index (χ0v) is 33.9. The number of aromatic nitrogens is 6. The normalized spacial score (nSPS) is 15.3. The number of fused-ring (bicyclic) bond motifs is 3. The van der Waals surface area contributed by atoms with Crippen molar-refractivity contribution >= 4 is 17.7 Å². The largest absolute Gasteiger partial charge is 0.464 e. The molecule has 6 rings (SSSR count). The monoisotopic (exact) mass is 743 g/mol. The summed E-state index contributed by atoms with van der Waals surface area (Å²) >= 11 is 0. The lowest BCUT2D eigenvalue weighted by molar-refractivity contribution is -0.0761. The van der Waals surface area contributed by atoms with E-state index in [9.17, 15) is 14.4 Å². The zero-order chi connectivity index (χ0) is 39.4. The quantitative estimate of drug-likeness (QED) is 0.203. The summed E-state index contributed by atoms with van der Waals surface area (Å²) in [5.74, 6) is 2.56. The summed E-state index contributed by atoms with van der Waals surface area (Å²) in [6.45, 7) is 15.9. The number of esters is 1. The molecule has 296 valence electrons. The van der Waals surface area contributed by atoms with Crippen molar-refractivity contribution in [3.63, 3.8) is 0 Å². The molecular weight excluding hydrogens is 682 g/mol. The number of methoxy groups -OCH3 is 1. The van der Waals surface area contributed by atoms with Gasteiger partial charge in [-0.05, 0) is 21.1 Å². The maximum Gasteiger partial charge on any atom is 0.358 e. The highest BCUT2D eigenvalue weighted by Crippen LogP contribution is 2.22. The molecule has 3 aromatic rings. The number of carbonyl (C=O) groups is 3. The highest BCUT2D eigenvalue weighted by atomic mass is 16.7. The van der Waals surface area contributed by atoms with Gasteiger partial charge in [0.05, 0.1) is 38.4 Å². The van der Waals surface area contributed by atoms with Gasteiger partial charge in [-0.25, -0.2) is 30.3 Å². The van der Waals surface area contributed by atoms with E-state index >= 15 is 0 Å². The zero-order valence-electron chi connectivity index (χ0n) is 33.9. The molecule has 0 radical (unpaired) electrons. The van der Waals surface area contributed by atoms with Crippen LogP contribution in [0.1, 0.15) is 93.7 Å². The number of hydrogen-bond acceptors (Lipinski definition) is 13. The molecule has 0 fully saturated rings. The van der Waals surface area contributed by atoms with E-state index in [0.29, 0.717) is 17.1 Å². The summed E-state index contributed by atoms with van der Waals surface area (Å²) in [5.41, 5.74) is 7.16. The first-order valence-electron chi connectivity index (χ1n) is 18.2. The van der Waals surface area contributed by atoms with Gasteiger partial charge in [0.25, 0.3) is 5.91 Å². The Bertz CT molecular complexity index is 1680. The Morgan fingerprint density at radius 2 is 1.02 bits per heavy atom. The van der Waals surface area contributed by atoms with Crippen molar-refractivity contribution in [2.24, 2.45) is 0 Å². The molecule has 0 bridgehead atoms. The van der Waals surface area contributed by atoms with Crippen molar-refractivity contribution in [1.29, 1.82) is 0 Å². The number of rotatable bonds is 8. The van der Waals surface area contributed by atoms with Crippen LogP contribution in [0.25, 0.3) is 0 Å². The molecule has 0 aliphatic carbocycles. The average Bonchev–Trinajstić information content (AvgIpc) is 3.84. The van der Waals surface area contributed by atoms with Gasteiger partial charge in [-0.2, -0.15) is 0 Å². The molecule has 1 N–H and O–H groups in total. The van der Waals surface area contributed by atoms with Crippen LogP contribution in [0.3, 0.4) is 0 Å². The number of imidazole rings is 3. The van der Waals surface area contributed by atoms with Gasteiger partial charge in [0.2, 0.25) is 0 Å². The first-order valence-corrected chi connectivity index (χ1v) is 18.2. The Kier molecular flexibility index (Phi) is 16.8. The Morgan fingerprint density at radius 1 is 0.660 bits per heavy atom. The van der Waals surface area contributed by atoms with Crippen LogP contribution in [0, 0.1) is 0 Å². The fourth-order valence-electron chi connectivity index (χ4n) is 6.46. The van der Waals surface area contributed by atoms with Crippen LogP contribution in [0.4, 0.5) is 0 Å². The molecule has 0 saturated heterocycles. The summed E-state index contributed by atoms with van der Waals surface area (Å²) in [7, 11) is 13.9. The molecule has 1 amide bonds. The first kappa shape index (κ1) is 43.4. The van der Waals surface area contributed by atoms with E-state index < -0.39 is 0 Å². The number of hydroxylamine groups is 3. The van der Waals surface area contributed by atoms with E-state index in [1.807, 2.05) is 7.05 Å². The molecule has 3 aliphatic rings. The third-order valence-electron chi connectivity index (χ3n) is 9.46. The number of nitrogens with zero attached hydrogens (tertiary/aromatic N) is 10. The van der Waals surface area contributed by atoms with Gasteiger partial charge >= 0.3 is 5.97 Å². The lowest BCUT2D eigenvalue weighted by Crippen LogP contribution is -2.33. The molecule has 0 spiro atoms. The highest BCUT2D eigenvalue weighted by Gasteiger charge is 2.28. The second kappa shape index (κ2) is 20.5. The molecule has 17 heteroatoms. The van der Waals surface area contributed by atoms with E-state index in [-0.39, 0.29) is 17.7 Å². The van der Waals surface area contributed by atoms with E-state index in [0.717, 1.165) is 113 Å². The van der Waals surface area contributed by atoms with Crippen molar-refractivity contribution in [2.45, 2.75) is 86.2 Å². The predicted octanol–water partition coefficient (Wildman–Crippen LogP) is 2.06. The molecule has 53 heavy (non-hydrogen) atoms. The summed E-state index contributed by atoms with van der Waals surface area (Å²) in [6.07, 6.45) is 2.57. The molecule has 3 aromatic heterocycles. The topological polar surface area (TPSA) is 157 Å². The summed E-state index contributed by atoms with van der Waals surface area (Å²) < 4.78 is 11.3. The van der Waals surface area contributed by atoms with Gasteiger partial charge in [-0.3, -0.25) is 29.1 Å². The van der Waals surface area contributed by atoms with Crippen LogP contribution in [0.2, 0.25) is 0 Å². The maximum absolute atomic E-state index is 12.2. The molecular formula is C36H61N11O6. The number of hydrogen-bond donors (Lipinski definition) is 1.